The number of carbonyl (C=O) groups is 3. The lowest BCUT2D eigenvalue weighted by Gasteiger charge is -2.35. The summed E-state index contributed by atoms with van der Waals surface area (Å²) in [7, 11) is 1.53. The topological polar surface area (TPSA) is 84.9 Å². The predicted octanol–water partition coefficient (Wildman–Crippen LogP) is 3.28. The first-order chi connectivity index (χ1) is 13.4. The first-order valence-electron chi connectivity index (χ1n) is 9.66. The molecule has 1 saturated heterocycles. The molecule has 1 aliphatic heterocycles. The summed E-state index contributed by atoms with van der Waals surface area (Å²) in [6.07, 6.45) is 5.92. The number of ether oxygens (including phenoxy) is 2. The molecule has 28 heavy (non-hydrogen) atoms. The highest BCUT2D eigenvalue weighted by atomic mass is 16.5. The molecule has 0 spiro atoms. The predicted molar refractivity (Wildman–Crippen MR) is 104 cm³/mol. The first kappa shape index (κ1) is 19.9. The quantitative estimate of drug-likeness (QED) is 0.620. The summed E-state index contributed by atoms with van der Waals surface area (Å²) in [4.78, 5) is 39.0. The molecule has 3 rings (SSSR count). The Labute approximate surface area is 164 Å². The molecule has 1 N–H and O–H groups in total. The highest BCUT2D eigenvalue weighted by Crippen LogP contribution is 2.34. The number of amides is 4. The average molecular weight is 386 g/mol. The van der Waals surface area contributed by atoms with Crippen molar-refractivity contribution in [2.75, 3.05) is 7.11 Å². The van der Waals surface area contributed by atoms with Crippen LogP contribution in [-0.2, 0) is 9.59 Å². The maximum atomic E-state index is 13.0. The lowest BCUT2D eigenvalue weighted by molar-refractivity contribution is -0.132. The van der Waals surface area contributed by atoms with Gasteiger partial charge in [0.1, 0.15) is 5.57 Å². The molecule has 1 heterocycles. The molecule has 0 bridgehead atoms. The third-order valence-corrected chi connectivity index (χ3v) is 4.96. The van der Waals surface area contributed by atoms with Crippen molar-refractivity contribution >= 4 is 23.9 Å². The van der Waals surface area contributed by atoms with E-state index in [1.54, 1.807) is 18.2 Å². The summed E-state index contributed by atoms with van der Waals surface area (Å²) in [5, 5.41) is 2.30. The third-order valence-electron chi connectivity index (χ3n) is 4.96. The fourth-order valence-corrected chi connectivity index (χ4v) is 3.67. The van der Waals surface area contributed by atoms with E-state index in [0.29, 0.717) is 17.1 Å². The van der Waals surface area contributed by atoms with Crippen LogP contribution in [0.3, 0.4) is 0 Å². The smallest absolute Gasteiger partial charge is 0.331 e. The molecular formula is C21H26N2O5. The van der Waals surface area contributed by atoms with Crippen molar-refractivity contribution in [2.24, 2.45) is 0 Å². The Bertz CT molecular complexity index is 809. The van der Waals surface area contributed by atoms with Gasteiger partial charge in [0.05, 0.1) is 13.2 Å². The van der Waals surface area contributed by atoms with Crippen molar-refractivity contribution in [2.45, 2.75) is 58.1 Å². The van der Waals surface area contributed by atoms with Crippen LogP contribution in [0.25, 0.3) is 6.08 Å². The lowest BCUT2D eigenvalue weighted by Crippen LogP contribution is -2.58. The standard InChI is InChI=1S/C21H26N2O5/c1-13(2)28-18-14(8-7-11-17(18)27-3)12-16-19(24)22-21(26)23(20(16)25)15-9-5-4-6-10-15/h7-8,11-13,15H,4-6,9-10H2,1-3H3,(H,22,24,26)/b16-12+. The number of carbonyl (C=O) groups excluding carboxylic acids is 3. The van der Waals surface area contributed by atoms with Crippen molar-refractivity contribution in [3.63, 3.8) is 0 Å². The van der Waals surface area contributed by atoms with E-state index in [1.165, 1.54) is 18.1 Å². The molecule has 2 fully saturated rings. The zero-order valence-corrected chi connectivity index (χ0v) is 16.5. The Morgan fingerprint density at radius 2 is 1.86 bits per heavy atom. The maximum absolute atomic E-state index is 13.0. The van der Waals surface area contributed by atoms with Crippen molar-refractivity contribution < 1.29 is 23.9 Å². The molecule has 1 aliphatic carbocycles. The number of nitrogens with one attached hydrogen (secondary N) is 1. The molecule has 150 valence electrons. The van der Waals surface area contributed by atoms with Gasteiger partial charge in [-0.2, -0.15) is 0 Å². The number of hydrogen-bond donors (Lipinski definition) is 1. The molecule has 0 unspecified atom stereocenters. The van der Waals surface area contributed by atoms with Crippen molar-refractivity contribution in [3.8, 4) is 11.5 Å². The van der Waals surface area contributed by atoms with Gasteiger partial charge in [-0.05, 0) is 38.8 Å². The fraction of sp³-hybridized carbons (Fsp3) is 0.476. The van der Waals surface area contributed by atoms with Crippen LogP contribution in [0.2, 0.25) is 0 Å². The number of barbiturate groups is 1. The van der Waals surface area contributed by atoms with Crippen LogP contribution in [0.4, 0.5) is 4.79 Å². The maximum Gasteiger partial charge on any atom is 0.331 e. The molecule has 7 nitrogen and oxygen atoms in total. The van der Waals surface area contributed by atoms with Gasteiger partial charge in [-0.3, -0.25) is 19.8 Å². The van der Waals surface area contributed by atoms with E-state index < -0.39 is 17.8 Å². The number of methoxy groups -OCH3 is 1. The second-order valence-electron chi connectivity index (χ2n) is 7.33. The largest absolute Gasteiger partial charge is 0.493 e. The van der Waals surface area contributed by atoms with Gasteiger partial charge in [0.15, 0.2) is 11.5 Å². The Kier molecular flexibility index (Phi) is 6.02. The summed E-state index contributed by atoms with van der Waals surface area (Å²) in [6.45, 7) is 3.76. The van der Waals surface area contributed by atoms with Gasteiger partial charge >= 0.3 is 6.03 Å². The number of para-hydroxylation sites is 1. The van der Waals surface area contributed by atoms with Crippen LogP contribution in [0.15, 0.2) is 23.8 Å². The minimum atomic E-state index is -0.694. The minimum Gasteiger partial charge on any atom is -0.493 e. The normalized spacial score (nSPS) is 19.9. The average Bonchev–Trinajstić information content (AvgIpc) is 2.66. The van der Waals surface area contributed by atoms with Gasteiger partial charge in [-0.1, -0.05) is 31.4 Å². The number of benzene rings is 1. The number of nitrogens with zero attached hydrogens (tertiary/aromatic N) is 1. The monoisotopic (exact) mass is 386 g/mol. The van der Waals surface area contributed by atoms with E-state index in [9.17, 15) is 14.4 Å². The molecule has 1 aromatic rings. The number of urea groups is 1. The van der Waals surface area contributed by atoms with Crippen LogP contribution in [0, 0.1) is 0 Å². The second-order valence-corrected chi connectivity index (χ2v) is 7.33. The molecule has 4 amide bonds. The van der Waals surface area contributed by atoms with Gasteiger partial charge in [0.25, 0.3) is 11.8 Å². The van der Waals surface area contributed by atoms with Crippen LogP contribution in [0.1, 0.15) is 51.5 Å². The Morgan fingerprint density at radius 1 is 1.14 bits per heavy atom. The molecule has 2 aliphatic rings. The summed E-state index contributed by atoms with van der Waals surface area (Å²) in [6, 6.07) is 4.45. The Balaban J connectivity index is 1.99. The van der Waals surface area contributed by atoms with Crippen LogP contribution in [0.5, 0.6) is 11.5 Å². The fourth-order valence-electron chi connectivity index (χ4n) is 3.67. The zero-order valence-electron chi connectivity index (χ0n) is 16.5. The summed E-state index contributed by atoms with van der Waals surface area (Å²) in [5.41, 5.74) is 0.469. The molecule has 0 aromatic heterocycles. The van der Waals surface area contributed by atoms with Crippen LogP contribution >= 0.6 is 0 Å². The summed E-state index contributed by atoms with van der Waals surface area (Å²) >= 11 is 0. The van der Waals surface area contributed by atoms with Gasteiger partial charge in [0.2, 0.25) is 0 Å². The van der Waals surface area contributed by atoms with Crippen molar-refractivity contribution in [1.29, 1.82) is 0 Å². The van der Waals surface area contributed by atoms with Crippen LogP contribution < -0.4 is 14.8 Å². The second kappa shape index (κ2) is 8.46. The van der Waals surface area contributed by atoms with Gasteiger partial charge in [-0.15, -0.1) is 0 Å². The summed E-state index contributed by atoms with van der Waals surface area (Å²) < 4.78 is 11.2. The summed E-state index contributed by atoms with van der Waals surface area (Å²) in [5.74, 6) is -0.291. The van der Waals surface area contributed by atoms with Gasteiger partial charge < -0.3 is 9.47 Å². The van der Waals surface area contributed by atoms with E-state index in [4.69, 9.17) is 9.47 Å². The molecule has 7 heteroatoms. The highest BCUT2D eigenvalue weighted by Gasteiger charge is 2.40. The van der Waals surface area contributed by atoms with Crippen LogP contribution in [-0.4, -0.2) is 42.0 Å². The molecule has 0 atom stereocenters. The Morgan fingerprint density at radius 3 is 2.50 bits per heavy atom. The van der Waals surface area contributed by atoms with E-state index in [0.717, 1.165) is 32.1 Å². The molecule has 1 saturated carbocycles. The lowest BCUT2D eigenvalue weighted by atomic mass is 9.93. The molecule has 1 aromatic carbocycles. The van der Waals surface area contributed by atoms with E-state index in [2.05, 4.69) is 5.32 Å². The highest BCUT2D eigenvalue weighted by molar-refractivity contribution is 6.31. The molecular weight excluding hydrogens is 360 g/mol. The zero-order chi connectivity index (χ0) is 20.3. The first-order valence-corrected chi connectivity index (χ1v) is 9.66. The minimum absolute atomic E-state index is 0.0768. The van der Waals surface area contributed by atoms with Gasteiger partial charge in [0, 0.05) is 11.6 Å². The Hall–Kier alpha value is -2.83. The number of rotatable bonds is 5. The molecule has 0 radical (unpaired) electrons. The third kappa shape index (κ3) is 4.03. The van der Waals surface area contributed by atoms with E-state index in [1.807, 2.05) is 13.8 Å². The van der Waals surface area contributed by atoms with Crippen molar-refractivity contribution in [1.82, 2.24) is 10.2 Å². The van der Waals surface area contributed by atoms with E-state index >= 15 is 0 Å². The number of imide groups is 2. The van der Waals surface area contributed by atoms with Crippen molar-refractivity contribution in [3.05, 3.63) is 29.3 Å². The van der Waals surface area contributed by atoms with Gasteiger partial charge in [-0.25, -0.2) is 4.79 Å². The SMILES string of the molecule is COc1cccc(/C=C2\C(=O)NC(=O)N(C3CCCCC3)C2=O)c1OC(C)C. The number of hydrogen-bond acceptors (Lipinski definition) is 5. The van der Waals surface area contributed by atoms with E-state index in [-0.39, 0.29) is 17.7 Å².